The third kappa shape index (κ3) is 3.31. The summed E-state index contributed by atoms with van der Waals surface area (Å²) in [4.78, 5) is 0. The molecule has 0 amide bonds. The Bertz CT molecular complexity index is 720. The van der Waals surface area contributed by atoms with E-state index in [-0.39, 0.29) is 0 Å². The molecule has 0 aliphatic heterocycles. The molecule has 21 heavy (non-hydrogen) atoms. The molecule has 0 aliphatic rings. The Morgan fingerprint density at radius 1 is 1.05 bits per heavy atom. The van der Waals surface area contributed by atoms with E-state index in [1.165, 1.54) is 5.56 Å². The van der Waals surface area contributed by atoms with E-state index in [2.05, 4.69) is 38.4 Å². The highest BCUT2D eigenvalue weighted by Crippen LogP contribution is 2.20. The van der Waals surface area contributed by atoms with Crippen LogP contribution in [0.25, 0.3) is 11.3 Å². The second-order valence-electron chi connectivity index (χ2n) is 4.66. The molecule has 0 atom stereocenters. The first-order chi connectivity index (χ1) is 10.2. The standard InChI is InChI=1S/C16H14BrN3O/c1-21-15-8-4-13(5-9-15)16-11-20(19-18-16)10-12-2-6-14(17)7-3-12/h2-9,11H,10H2,1H3. The van der Waals surface area contributed by atoms with Gasteiger partial charge >= 0.3 is 0 Å². The number of halogens is 1. The summed E-state index contributed by atoms with van der Waals surface area (Å²) in [6, 6.07) is 16.0. The lowest BCUT2D eigenvalue weighted by Gasteiger charge is -2.01. The molecule has 0 bridgehead atoms. The Labute approximate surface area is 131 Å². The third-order valence-electron chi connectivity index (χ3n) is 3.18. The van der Waals surface area contributed by atoms with E-state index in [0.29, 0.717) is 6.54 Å². The van der Waals surface area contributed by atoms with Gasteiger partial charge in [0.1, 0.15) is 11.4 Å². The van der Waals surface area contributed by atoms with Gasteiger partial charge < -0.3 is 4.74 Å². The summed E-state index contributed by atoms with van der Waals surface area (Å²) < 4.78 is 8.06. The molecule has 0 fully saturated rings. The van der Waals surface area contributed by atoms with Crippen LogP contribution in [0.5, 0.6) is 5.75 Å². The molecule has 1 aromatic heterocycles. The van der Waals surface area contributed by atoms with Crippen molar-refractivity contribution in [1.82, 2.24) is 15.0 Å². The predicted molar refractivity (Wildman–Crippen MR) is 85.3 cm³/mol. The Hall–Kier alpha value is -2.14. The van der Waals surface area contributed by atoms with Gasteiger partial charge in [0.25, 0.3) is 0 Å². The lowest BCUT2D eigenvalue weighted by Crippen LogP contribution is -1.99. The van der Waals surface area contributed by atoms with E-state index in [4.69, 9.17) is 4.74 Å². The highest BCUT2D eigenvalue weighted by Gasteiger charge is 2.04. The summed E-state index contributed by atoms with van der Waals surface area (Å²) >= 11 is 3.43. The fourth-order valence-corrected chi connectivity index (χ4v) is 2.31. The van der Waals surface area contributed by atoms with Crippen LogP contribution in [0.3, 0.4) is 0 Å². The van der Waals surface area contributed by atoms with Crippen LogP contribution in [0.15, 0.2) is 59.2 Å². The van der Waals surface area contributed by atoms with Crippen molar-refractivity contribution in [1.29, 1.82) is 0 Å². The van der Waals surface area contributed by atoms with E-state index in [1.54, 1.807) is 7.11 Å². The molecule has 2 aromatic carbocycles. The summed E-state index contributed by atoms with van der Waals surface area (Å²) in [6.45, 7) is 0.705. The van der Waals surface area contributed by atoms with E-state index in [9.17, 15) is 0 Å². The van der Waals surface area contributed by atoms with Crippen LogP contribution < -0.4 is 4.74 Å². The summed E-state index contributed by atoms with van der Waals surface area (Å²) in [5.74, 6) is 0.834. The maximum atomic E-state index is 5.15. The van der Waals surface area contributed by atoms with Crippen LogP contribution >= 0.6 is 15.9 Å². The normalized spacial score (nSPS) is 10.6. The van der Waals surface area contributed by atoms with Gasteiger partial charge in [-0.3, -0.25) is 0 Å². The molecule has 1 heterocycles. The van der Waals surface area contributed by atoms with Gasteiger partial charge in [-0.25, -0.2) is 4.68 Å². The van der Waals surface area contributed by atoms with Crippen LogP contribution in [0, 0.1) is 0 Å². The molecule has 0 unspecified atom stereocenters. The van der Waals surface area contributed by atoms with Crippen LogP contribution in [0.2, 0.25) is 0 Å². The van der Waals surface area contributed by atoms with Crippen molar-refractivity contribution in [3.05, 3.63) is 64.8 Å². The van der Waals surface area contributed by atoms with Gasteiger partial charge in [0.05, 0.1) is 19.9 Å². The van der Waals surface area contributed by atoms with Gasteiger partial charge in [-0.2, -0.15) is 0 Å². The van der Waals surface area contributed by atoms with Crippen molar-refractivity contribution < 1.29 is 4.74 Å². The summed E-state index contributed by atoms with van der Waals surface area (Å²) in [7, 11) is 1.66. The lowest BCUT2D eigenvalue weighted by atomic mass is 10.1. The molecule has 0 radical (unpaired) electrons. The second-order valence-corrected chi connectivity index (χ2v) is 5.57. The summed E-state index contributed by atoms with van der Waals surface area (Å²) in [5.41, 5.74) is 3.07. The highest BCUT2D eigenvalue weighted by molar-refractivity contribution is 9.10. The predicted octanol–water partition coefficient (Wildman–Crippen LogP) is 3.76. The van der Waals surface area contributed by atoms with Crippen molar-refractivity contribution >= 4 is 15.9 Å². The summed E-state index contributed by atoms with van der Waals surface area (Å²) in [6.07, 6.45) is 1.95. The van der Waals surface area contributed by atoms with Crippen LogP contribution in [-0.2, 0) is 6.54 Å². The van der Waals surface area contributed by atoms with Gasteiger partial charge in [-0.05, 0) is 42.0 Å². The fourth-order valence-electron chi connectivity index (χ4n) is 2.05. The number of ether oxygens (including phenoxy) is 1. The Kier molecular flexibility index (Phi) is 4.01. The molecule has 3 rings (SSSR count). The van der Waals surface area contributed by atoms with Gasteiger partial charge in [0, 0.05) is 10.0 Å². The molecular weight excluding hydrogens is 330 g/mol. The number of methoxy groups -OCH3 is 1. The third-order valence-corrected chi connectivity index (χ3v) is 3.71. The van der Waals surface area contributed by atoms with E-state index >= 15 is 0 Å². The molecule has 0 spiro atoms. The molecule has 0 saturated carbocycles. The van der Waals surface area contributed by atoms with Crippen molar-refractivity contribution in [2.24, 2.45) is 0 Å². The van der Waals surface area contributed by atoms with Crippen molar-refractivity contribution in [2.45, 2.75) is 6.54 Å². The van der Waals surface area contributed by atoms with Gasteiger partial charge in [-0.1, -0.05) is 33.3 Å². The lowest BCUT2D eigenvalue weighted by molar-refractivity contribution is 0.415. The summed E-state index contributed by atoms with van der Waals surface area (Å²) in [5, 5.41) is 8.40. The zero-order valence-corrected chi connectivity index (χ0v) is 13.1. The average molecular weight is 344 g/mol. The van der Waals surface area contributed by atoms with Crippen LogP contribution in [0.4, 0.5) is 0 Å². The Morgan fingerprint density at radius 2 is 1.76 bits per heavy atom. The Balaban J connectivity index is 1.77. The fraction of sp³-hybridized carbons (Fsp3) is 0.125. The first-order valence-corrected chi connectivity index (χ1v) is 7.33. The van der Waals surface area contributed by atoms with Crippen LogP contribution in [-0.4, -0.2) is 22.1 Å². The maximum absolute atomic E-state index is 5.15. The number of rotatable bonds is 4. The molecule has 106 valence electrons. The molecule has 0 saturated heterocycles. The largest absolute Gasteiger partial charge is 0.497 e. The van der Waals surface area contributed by atoms with Gasteiger partial charge in [-0.15, -0.1) is 5.10 Å². The first-order valence-electron chi connectivity index (χ1n) is 6.53. The van der Waals surface area contributed by atoms with E-state index < -0.39 is 0 Å². The zero-order valence-electron chi connectivity index (χ0n) is 11.5. The monoisotopic (exact) mass is 343 g/mol. The first kappa shape index (κ1) is 13.8. The minimum Gasteiger partial charge on any atom is -0.497 e. The molecule has 5 heteroatoms. The van der Waals surface area contributed by atoms with Gasteiger partial charge in [0.15, 0.2) is 0 Å². The molecular formula is C16H14BrN3O. The highest BCUT2D eigenvalue weighted by atomic mass is 79.9. The Morgan fingerprint density at radius 3 is 2.43 bits per heavy atom. The average Bonchev–Trinajstić information content (AvgIpc) is 2.98. The minimum atomic E-state index is 0.705. The SMILES string of the molecule is COc1ccc(-c2cn(Cc3ccc(Br)cc3)nn2)cc1. The van der Waals surface area contributed by atoms with Crippen molar-refractivity contribution in [2.75, 3.05) is 7.11 Å². The number of aromatic nitrogens is 3. The minimum absolute atomic E-state index is 0.705. The van der Waals surface area contributed by atoms with Crippen molar-refractivity contribution in [3.8, 4) is 17.0 Å². The molecule has 0 aliphatic carbocycles. The number of nitrogens with zero attached hydrogens (tertiary/aromatic N) is 3. The topological polar surface area (TPSA) is 39.9 Å². The van der Waals surface area contributed by atoms with E-state index in [1.807, 2.05) is 47.3 Å². The number of hydrogen-bond donors (Lipinski definition) is 0. The van der Waals surface area contributed by atoms with E-state index in [0.717, 1.165) is 21.5 Å². The van der Waals surface area contributed by atoms with Crippen molar-refractivity contribution in [3.63, 3.8) is 0 Å². The second kappa shape index (κ2) is 6.10. The number of hydrogen-bond acceptors (Lipinski definition) is 3. The quantitative estimate of drug-likeness (QED) is 0.723. The molecule has 3 aromatic rings. The van der Waals surface area contributed by atoms with Gasteiger partial charge in [0.2, 0.25) is 0 Å². The zero-order chi connectivity index (χ0) is 14.7. The maximum Gasteiger partial charge on any atom is 0.118 e. The molecule has 4 nitrogen and oxygen atoms in total. The molecule has 0 N–H and O–H groups in total. The smallest absolute Gasteiger partial charge is 0.118 e. The van der Waals surface area contributed by atoms with Crippen LogP contribution in [0.1, 0.15) is 5.56 Å². The number of benzene rings is 2.